The first-order valence-corrected chi connectivity index (χ1v) is 12.2. The average Bonchev–Trinajstić information content (AvgIpc) is 3.33. The molecule has 0 amide bonds. The molecule has 0 saturated heterocycles. The molecule has 0 saturated carbocycles. The van der Waals surface area contributed by atoms with Gasteiger partial charge in [0.1, 0.15) is 5.75 Å². The number of nitrogens with zero attached hydrogens (tertiary/aromatic N) is 3. The van der Waals surface area contributed by atoms with Gasteiger partial charge in [-0.15, -0.1) is 0 Å². The van der Waals surface area contributed by atoms with Crippen LogP contribution in [0.1, 0.15) is 26.2 Å². The van der Waals surface area contributed by atoms with Gasteiger partial charge in [-0.3, -0.25) is 13.8 Å². The molecule has 0 bridgehead atoms. The van der Waals surface area contributed by atoms with Crippen molar-refractivity contribution in [1.29, 1.82) is 0 Å². The Bertz CT molecular complexity index is 1490. The summed E-state index contributed by atoms with van der Waals surface area (Å²) < 4.78 is 9.82. The van der Waals surface area contributed by atoms with E-state index < -0.39 is 0 Å². The van der Waals surface area contributed by atoms with E-state index in [1.165, 1.54) is 6.07 Å². The monoisotopic (exact) mass is 483 g/mol. The Kier molecular flexibility index (Phi) is 6.68. The second-order valence-electron chi connectivity index (χ2n) is 8.48. The highest BCUT2D eigenvalue weighted by Crippen LogP contribution is 2.28. The number of hydrogen-bond donors (Lipinski definition) is 0. The molecule has 176 valence electrons. The second kappa shape index (κ2) is 10.2. The van der Waals surface area contributed by atoms with Crippen molar-refractivity contribution in [2.45, 2.75) is 32.7 Å². The molecule has 3 aromatic carbocycles. The van der Waals surface area contributed by atoms with Crippen LogP contribution in [-0.4, -0.2) is 14.0 Å². The average molecular weight is 484 g/mol. The topological polar surface area (TPSA) is 48.5 Å². The van der Waals surface area contributed by atoms with E-state index in [9.17, 15) is 4.79 Å². The highest BCUT2D eigenvalue weighted by Gasteiger charge is 2.15. The number of imidazole rings is 1. The van der Waals surface area contributed by atoms with Crippen molar-refractivity contribution in [2.24, 2.45) is 0 Å². The number of fused-ring (bicyclic) bond motifs is 1. The van der Waals surface area contributed by atoms with Crippen LogP contribution in [-0.2, 0) is 6.54 Å². The molecule has 5 nitrogen and oxygen atoms in total. The lowest BCUT2D eigenvalue weighted by atomic mass is 10.1. The SMILES string of the molecule is CCCCCn1c(Oc2ccc(-c3ccccc3)cc2)cc(=O)n2cc(-c3ccc(Cl)cc3)nc12. The Morgan fingerprint density at radius 2 is 1.54 bits per heavy atom. The van der Waals surface area contributed by atoms with Crippen molar-refractivity contribution < 1.29 is 4.74 Å². The first-order chi connectivity index (χ1) is 17.1. The zero-order valence-corrected chi connectivity index (χ0v) is 20.3. The van der Waals surface area contributed by atoms with E-state index in [1.807, 2.05) is 71.3 Å². The maximum absolute atomic E-state index is 13.0. The molecule has 5 rings (SSSR count). The largest absolute Gasteiger partial charge is 0.441 e. The van der Waals surface area contributed by atoms with E-state index in [2.05, 4.69) is 19.1 Å². The number of aromatic nitrogens is 3. The number of benzene rings is 3. The van der Waals surface area contributed by atoms with Crippen LogP contribution in [0.25, 0.3) is 28.2 Å². The van der Waals surface area contributed by atoms with Crippen LogP contribution >= 0.6 is 11.6 Å². The normalized spacial score (nSPS) is 11.1. The molecule has 6 heteroatoms. The Labute approximate surface area is 209 Å². The zero-order valence-electron chi connectivity index (χ0n) is 19.5. The first kappa shape index (κ1) is 22.9. The smallest absolute Gasteiger partial charge is 0.262 e. The summed E-state index contributed by atoms with van der Waals surface area (Å²) in [4.78, 5) is 17.8. The van der Waals surface area contributed by atoms with Gasteiger partial charge in [0.05, 0.1) is 11.8 Å². The molecule has 0 fully saturated rings. The highest BCUT2D eigenvalue weighted by molar-refractivity contribution is 6.30. The Morgan fingerprint density at radius 3 is 2.26 bits per heavy atom. The fourth-order valence-corrected chi connectivity index (χ4v) is 4.24. The van der Waals surface area contributed by atoms with Gasteiger partial charge >= 0.3 is 0 Å². The van der Waals surface area contributed by atoms with E-state index in [0.29, 0.717) is 34.7 Å². The molecule has 0 atom stereocenters. The first-order valence-electron chi connectivity index (χ1n) is 11.8. The van der Waals surface area contributed by atoms with Crippen molar-refractivity contribution in [3.63, 3.8) is 0 Å². The van der Waals surface area contributed by atoms with E-state index in [4.69, 9.17) is 21.3 Å². The molecule has 0 aliphatic rings. The van der Waals surface area contributed by atoms with Crippen LogP contribution in [0.15, 0.2) is 95.9 Å². The summed E-state index contributed by atoms with van der Waals surface area (Å²) >= 11 is 6.05. The predicted molar refractivity (Wildman–Crippen MR) is 141 cm³/mol. The predicted octanol–water partition coefficient (Wildman–Crippen LogP) is 7.47. The Hall–Kier alpha value is -3.83. The van der Waals surface area contributed by atoms with Crippen molar-refractivity contribution in [2.75, 3.05) is 0 Å². The van der Waals surface area contributed by atoms with Gasteiger partial charge in [0.2, 0.25) is 11.7 Å². The molecule has 35 heavy (non-hydrogen) atoms. The molecule has 2 heterocycles. The molecular weight excluding hydrogens is 458 g/mol. The van der Waals surface area contributed by atoms with E-state index in [1.54, 1.807) is 10.6 Å². The third-order valence-electron chi connectivity index (χ3n) is 5.99. The lowest BCUT2D eigenvalue weighted by Crippen LogP contribution is -2.18. The highest BCUT2D eigenvalue weighted by atomic mass is 35.5. The molecule has 0 unspecified atom stereocenters. The number of rotatable bonds is 8. The van der Waals surface area contributed by atoms with Gasteiger partial charge < -0.3 is 4.74 Å². The zero-order chi connectivity index (χ0) is 24.2. The minimum absolute atomic E-state index is 0.185. The van der Waals surface area contributed by atoms with E-state index in [-0.39, 0.29) is 5.56 Å². The van der Waals surface area contributed by atoms with Crippen LogP contribution in [0.4, 0.5) is 0 Å². The maximum Gasteiger partial charge on any atom is 0.262 e. The summed E-state index contributed by atoms with van der Waals surface area (Å²) in [5, 5.41) is 0.658. The van der Waals surface area contributed by atoms with Gasteiger partial charge in [-0.2, -0.15) is 0 Å². The summed E-state index contributed by atoms with van der Waals surface area (Å²) in [6, 6.07) is 27.1. The van der Waals surface area contributed by atoms with Gasteiger partial charge in [0.15, 0.2) is 0 Å². The van der Waals surface area contributed by atoms with E-state index in [0.717, 1.165) is 36.0 Å². The summed E-state index contributed by atoms with van der Waals surface area (Å²) in [6.07, 6.45) is 4.91. The van der Waals surface area contributed by atoms with Gasteiger partial charge in [-0.25, -0.2) is 4.98 Å². The van der Waals surface area contributed by atoms with Crippen LogP contribution in [0.3, 0.4) is 0 Å². The lowest BCUT2D eigenvalue weighted by molar-refractivity contribution is 0.417. The number of halogens is 1. The Morgan fingerprint density at radius 1 is 0.857 bits per heavy atom. The third-order valence-corrected chi connectivity index (χ3v) is 6.24. The standard InChI is InChI=1S/C29H26ClN3O2/c1-2-3-7-18-32-28(35-25-16-12-22(13-17-25)21-8-5-4-6-9-21)19-27(34)33-20-26(31-29(32)33)23-10-14-24(30)15-11-23/h4-6,8-17,19-20H,2-3,7,18H2,1H3. The molecule has 0 N–H and O–H groups in total. The molecule has 0 aliphatic heterocycles. The molecule has 0 aliphatic carbocycles. The van der Waals surface area contributed by atoms with Crippen molar-refractivity contribution in [3.8, 4) is 34.0 Å². The Balaban J connectivity index is 1.53. The van der Waals surface area contributed by atoms with Crippen molar-refractivity contribution in [1.82, 2.24) is 14.0 Å². The van der Waals surface area contributed by atoms with Crippen LogP contribution in [0, 0.1) is 0 Å². The van der Waals surface area contributed by atoms with Crippen molar-refractivity contribution in [3.05, 3.63) is 107 Å². The van der Waals surface area contributed by atoms with Gasteiger partial charge in [0, 0.05) is 23.3 Å². The summed E-state index contributed by atoms with van der Waals surface area (Å²) in [5.74, 6) is 1.72. The third kappa shape index (κ3) is 5.00. The quantitative estimate of drug-likeness (QED) is 0.215. The summed E-state index contributed by atoms with van der Waals surface area (Å²) in [6.45, 7) is 2.87. The number of hydrogen-bond acceptors (Lipinski definition) is 3. The number of aryl methyl sites for hydroxylation is 1. The van der Waals surface area contributed by atoms with Crippen molar-refractivity contribution >= 4 is 17.4 Å². The van der Waals surface area contributed by atoms with Gasteiger partial charge in [0.25, 0.3) is 5.56 Å². The molecule has 0 spiro atoms. The van der Waals surface area contributed by atoms with Crippen LogP contribution in [0.5, 0.6) is 11.6 Å². The molecule has 5 aromatic rings. The number of ether oxygens (including phenoxy) is 1. The maximum atomic E-state index is 13.0. The second-order valence-corrected chi connectivity index (χ2v) is 8.91. The van der Waals surface area contributed by atoms with Crippen LogP contribution in [0.2, 0.25) is 5.02 Å². The summed E-state index contributed by atoms with van der Waals surface area (Å²) in [7, 11) is 0. The molecule has 2 aromatic heterocycles. The summed E-state index contributed by atoms with van der Waals surface area (Å²) in [5.41, 5.74) is 3.68. The van der Waals surface area contributed by atoms with Gasteiger partial charge in [-0.05, 0) is 41.8 Å². The van der Waals surface area contributed by atoms with Gasteiger partial charge in [-0.1, -0.05) is 86.0 Å². The minimum atomic E-state index is -0.185. The molecule has 0 radical (unpaired) electrons. The number of unbranched alkanes of at least 4 members (excludes halogenated alkanes) is 2. The lowest BCUT2D eigenvalue weighted by Gasteiger charge is -2.15. The minimum Gasteiger partial charge on any atom is -0.441 e. The van der Waals surface area contributed by atoms with E-state index >= 15 is 0 Å². The fraction of sp³-hybridized carbons (Fsp3) is 0.172. The molecular formula is C29H26ClN3O2. The van der Waals surface area contributed by atoms with Crippen LogP contribution < -0.4 is 10.3 Å². The fourth-order valence-electron chi connectivity index (χ4n) is 4.12.